The van der Waals surface area contributed by atoms with Crippen LogP contribution in [0.15, 0.2) is 24.3 Å². The highest BCUT2D eigenvalue weighted by molar-refractivity contribution is 14.1. The lowest BCUT2D eigenvalue weighted by Gasteiger charge is -2.28. The smallest absolute Gasteiger partial charge is 0.0726 e. The van der Waals surface area contributed by atoms with Gasteiger partial charge in [-0.1, -0.05) is 12.1 Å². The number of hydrogen-bond acceptors (Lipinski definition) is 2. The zero-order valence-electron chi connectivity index (χ0n) is 10.3. The van der Waals surface area contributed by atoms with Crippen LogP contribution < -0.4 is 0 Å². The highest BCUT2D eigenvalue weighted by Gasteiger charge is 2.58. The molecule has 2 nitrogen and oxygen atoms in total. The van der Waals surface area contributed by atoms with Crippen molar-refractivity contribution < 1.29 is 5.11 Å². The quantitative estimate of drug-likeness (QED) is 0.824. The van der Waals surface area contributed by atoms with E-state index < -0.39 is 0 Å². The van der Waals surface area contributed by atoms with E-state index in [1.165, 1.54) is 28.5 Å². The van der Waals surface area contributed by atoms with Gasteiger partial charge in [0.1, 0.15) is 0 Å². The van der Waals surface area contributed by atoms with E-state index in [-0.39, 0.29) is 6.10 Å². The van der Waals surface area contributed by atoms with Crippen molar-refractivity contribution in [3.8, 4) is 0 Å². The Morgan fingerprint density at radius 2 is 1.94 bits per heavy atom. The Labute approximate surface area is 122 Å². The Hall–Kier alpha value is -0.130. The Morgan fingerprint density at radius 3 is 2.67 bits per heavy atom. The summed E-state index contributed by atoms with van der Waals surface area (Å²) in [6, 6.07) is 9.25. The molecule has 2 bridgehead atoms. The molecule has 2 aliphatic carbocycles. The molecule has 5 unspecified atom stereocenters. The normalized spacial score (nSPS) is 41.8. The lowest BCUT2D eigenvalue weighted by Crippen LogP contribution is -2.40. The van der Waals surface area contributed by atoms with Gasteiger partial charge >= 0.3 is 0 Å². The van der Waals surface area contributed by atoms with Gasteiger partial charge in [-0.15, -0.1) is 0 Å². The van der Waals surface area contributed by atoms with Gasteiger partial charge in [0, 0.05) is 22.7 Å². The first-order chi connectivity index (χ1) is 8.72. The van der Waals surface area contributed by atoms with Crippen molar-refractivity contribution in [1.29, 1.82) is 0 Å². The standard InChI is InChI=1S/C15H18INO/c16-12-3-1-9(2-4-12)7-17-8-11-5-10-6-13(11)14(17)15(10)18/h1-4,10-11,13-15,18H,5-8H2. The molecule has 96 valence electrons. The van der Waals surface area contributed by atoms with Crippen LogP contribution in [-0.2, 0) is 6.54 Å². The van der Waals surface area contributed by atoms with Crippen LogP contribution >= 0.6 is 22.6 Å². The molecule has 3 fully saturated rings. The van der Waals surface area contributed by atoms with Crippen LogP contribution in [0, 0.1) is 21.3 Å². The van der Waals surface area contributed by atoms with Gasteiger partial charge in [0.2, 0.25) is 0 Å². The number of aliphatic hydroxyl groups excluding tert-OH is 1. The summed E-state index contributed by atoms with van der Waals surface area (Å²) >= 11 is 2.35. The Morgan fingerprint density at radius 1 is 1.17 bits per heavy atom. The van der Waals surface area contributed by atoms with Gasteiger partial charge in [-0.2, -0.15) is 0 Å². The molecule has 5 atom stereocenters. The van der Waals surface area contributed by atoms with Crippen LogP contribution in [0.4, 0.5) is 0 Å². The van der Waals surface area contributed by atoms with Gasteiger partial charge in [0.05, 0.1) is 6.10 Å². The summed E-state index contributed by atoms with van der Waals surface area (Å²) in [7, 11) is 0. The molecule has 3 aliphatic rings. The average Bonchev–Trinajstić information content (AvgIpc) is 2.94. The molecule has 3 heteroatoms. The van der Waals surface area contributed by atoms with Crippen molar-refractivity contribution in [3.05, 3.63) is 33.4 Å². The minimum absolute atomic E-state index is 0.0578. The molecular weight excluding hydrogens is 337 g/mol. The van der Waals surface area contributed by atoms with Gasteiger partial charge in [-0.25, -0.2) is 0 Å². The molecule has 1 aromatic rings. The van der Waals surface area contributed by atoms with Crippen molar-refractivity contribution in [2.24, 2.45) is 17.8 Å². The fourth-order valence-corrected chi connectivity index (χ4v) is 4.90. The maximum absolute atomic E-state index is 10.4. The van der Waals surface area contributed by atoms with Gasteiger partial charge in [-0.05, 0) is 70.9 Å². The lowest BCUT2D eigenvalue weighted by molar-refractivity contribution is 0.0484. The van der Waals surface area contributed by atoms with Crippen LogP contribution in [0.5, 0.6) is 0 Å². The van der Waals surface area contributed by atoms with Crippen molar-refractivity contribution in [2.45, 2.75) is 31.5 Å². The van der Waals surface area contributed by atoms with E-state index in [1.807, 2.05) is 0 Å². The zero-order valence-corrected chi connectivity index (χ0v) is 12.5. The number of halogens is 1. The maximum atomic E-state index is 10.4. The first-order valence-electron chi connectivity index (χ1n) is 6.89. The first-order valence-corrected chi connectivity index (χ1v) is 7.97. The third-order valence-electron chi connectivity index (χ3n) is 5.25. The highest BCUT2D eigenvalue weighted by atomic mass is 127. The van der Waals surface area contributed by atoms with Crippen LogP contribution in [0.25, 0.3) is 0 Å². The van der Waals surface area contributed by atoms with E-state index in [1.54, 1.807) is 0 Å². The molecule has 4 rings (SSSR count). The first kappa shape index (κ1) is 11.7. The summed E-state index contributed by atoms with van der Waals surface area (Å²) in [5.41, 5.74) is 1.38. The van der Waals surface area contributed by atoms with Crippen molar-refractivity contribution in [1.82, 2.24) is 4.90 Å². The fourth-order valence-electron chi connectivity index (χ4n) is 4.55. The second-order valence-electron chi connectivity index (χ2n) is 6.19. The van der Waals surface area contributed by atoms with E-state index in [0.29, 0.717) is 12.0 Å². The SMILES string of the molecule is OC1C2CC3CN(Cc4ccc(I)cc4)C1C3C2. The van der Waals surface area contributed by atoms with E-state index >= 15 is 0 Å². The van der Waals surface area contributed by atoms with Crippen LogP contribution in [-0.4, -0.2) is 28.7 Å². The zero-order chi connectivity index (χ0) is 12.3. The minimum atomic E-state index is -0.0578. The molecule has 0 amide bonds. The molecule has 2 saturated carbocycles. The van der Waals surface area contributed by atoms with Crippen molar-refractivity contribution in [2.75, 3.05) is 6.54 Å². The Balaban J connectivity index is 1.55. The molecular formula is C15H18INO. The number of aliphatic hydroxyl groups is 1. The van der Waals surface area contributed by atoms with E-state index in [0.717, 1.165) is 18.4 Å². The largest absolute Gasteiger partial charge is 0.391 e. The monoisotopic (exact) mass is 355 g/mol. The van der Waals surface area contributed by atoms with Crippen molar-refractivity contribution in [3.63, 3.8) is 0 Å². The second kappa shape index (κ2) is 4.18. The number of nitrogens with zero attached hydrogens (tertiary/aromatic N) is 1. The lowest BCUT2D eigenvalue weighted by atomic mass is 9.88. The molecule has 1 saturated heterocycles. The van der Waals surface area contributed by atoms with E-state index in [2.05, 4.69) is 51.8 Å². The molecule has 0 spiro atoms. The van der Waals surface area contributed by atoms with Gasteiger partial charge in [-0.3, -0.25) is 4.90 Å². The second-order valence-corrected chi connectivity index (χ2v) is 7.44. The van der Waals surface area contributed by atoms with Gasteiger partial charge in [0.15, 0.2) is 0 Å². The molecule has 1 aromatic carbocycles. The molecule has 1 heterocycles. The number of benzene rings is 1. The predicted octanol–water partition coefficient (Wildman–Crippen LogP) is 2.49. The third-order valence-corrected chi connectivity index (χ3v) is 5.97. The Bertz CT molecular complexity index is 458. The predicted molar refractivity (Wildman–Crippen MR) is 79.1 cm³/mol. The maximum Gasteiger partial charge on any atom is 0.0726 e. The number of rotatable bonds is 2. The number of fused-ring (bicyclic) bond motifs is 1. The minimum Gasteiger partial charge on any atom is -0.391 e. The van der Waals surface area contributed by atoms with Gasteiger partial charge in [0.25, 0.3) is 0 Å². The highest BCUT2D eigenvalue weighted by Crippen LogP contribution is 2.55. The Kier molecular flexibility index (Phi) is 2.71. The third kappa shape index (κ3) is 1.67. The summed E-state index contributed by atoms with van der Waals surface area (Å²) in [6.07, 6.45) is 2.49. The van der Waals surface area contributed by atoms with Gasteiger partial charge < -0.3 is 5.11 Å². The van der Waals surface area contributed by atoms with Crippen molar-refractivity contribution >= 4 is 22.6 Å². The molecule has 1 N–H and O–H groups in total. The summed E-state index contributed by atoms with van der Waals surface area (Å²) in [4.78, 5) is 2.54. The fraction of sp³-hybridized carbons (Fsp3) is 0.600. The van der Waals surface area contributed by atoms with E-state index in [9.17, 15) is 5.11 Å². The molecule has 0 radical (unpaired) electrons. The summed E-state index contributed by atoms with van der Waals surface area (Å²) in [5.74, 6) is 2.26. The molecule has 18 heavy (non-hydrogen) atoms. The molecule has 0 aromatic heterocycles. The molecule has 1 aliphatic heterocycles. The van der Waals surface area contributed by atoms with Crippen LogP contribution in [0.2, 0.25) is 0 Å². The summed E-state index contributed by atoms with van der Waals surface area (Å²) in [6.45, 7) is 2.22. The van der Waals surface area contributed by atoms with Crippen LogP contribution in [0.1, 0.15) is 18.4 Å². The number of hydrogen-bond donors (Lipinski definition) is 1. The summed E-state index contributed by atoms with van der Waals surface area (Å²) in [5, 5.41) is 10.4. The average molecular weight is 355 g/mol. The number of likely N-dealkylation sites (tertiary alicyclic amines) is 1. The van der Waals surface area contributed by atoms with Crippen LogP contribution in [0.3, 0.4) is 0 Å². The summed E-state index contributed by atoms with van der Waals surface area (Å²) < 4.78 is 1.29. The topological polar surface area (TPSA) is 23.5 Å². The van der Waals surface area contributed by atoms with E-state index in [4.69, 9.17) is 0 Å².